The summed E-state index contributed by atoms with van der Waals surface area (Å²) in [6.07, 6.45) is 0.860. The molecule has 0 aliphatic heterocycles. The smallest absolute Gasteiger partial charge is 0.275 e. The number of benzene rings is 2. The van der Waals surface area contributed by atoms with Gasteiger partial charge in [0.2, 0.25) is 0 Å². The molecule has 2 aromatic carbocycles. The average molecular weight is 305 g/mol. The summed E-state index contributed by atoms with van der Waals surface area (Å²) < 4.78 is 0. The van der Waals surface area contributed by atoms with Gasteiger partial charge in [-0.15, -0.1) is 0 Å². The minimum atomic E-state index is -0.398. The molecule has 0 saturated heterocycles. The summed E-state index contributed by atoms with van der Waals surface area (Å²) in [5, 5.41) is 14.7. The van der Waals surface area contributed by atoms with Crippen molar-refractivity contribution in [3.8, 4) is 0 Å². The Kier molecular flexibility index (Phi) is 5.31. The number of nitro groups is 1. The fraction of sp³-hybridized carbons (Fsp3) is 0.250. The standard InChI is InChI=1S/C16H17ClN2O2/c1-12(10-13-6-3-2-4-7-13)18-11-14-15(17)8-5-9-16(14)19(20)21/h2-9,12,18H,10-11H2,1H3. The van der Waals surface area contributed by atoms with Gasteiger partial charge in [-0.3, -0.25) is 10.1 Å². The molecular formula is C16H17ClN2O2. The molecule has 0 aliphatic rings. The van der Waals surface area contributed by atoms with Gasteiger partial charge in [0.25, 0.3) is 5.69 Å². The first-order valence-electron chi connectivity index (χ1n) is 6.77. The third-order valence-electron chi connectivity index (χ3n) is 3.30. The van der Waals surface area contributed by atoms with Crippen molar-refractivity contribution < 1.29 is 4.92 Å². The quantitative estimate of drug-likeness (QED) is 0.649. The summed E-state index contributed by atoms with van der Waals surface area (Å²) in [7, 11) is 0. The van der Waals surface area contributed by atoms with E-state index in [2.05, 4.69) is 24.4 Å². The molecule has 4 nitrogen and oxygen atoms in total. The Morgan fingerprint density at radius 3 is 2.57 bits per heavy atom. The normalized spacial score (nSPS) is 12.1. The van der Waals surface area contributed by atoms with Gasteiger partial charge in [-0.05, 0) is 25.0 Å². The average Bonchev–Trinajstić information content (AvgIpc) is 2.46. The number of nitrogens with one attached hydrogen (secondary N) is 1. The number of halogens is 1. The van der Waals surface area contributed by atoms with Crippen LogP contribution in [0.4, 0.5) is 5.69 Å². The van der Waals surface area contributed by atoms with Crippen LogP contribution in [0.2, 0.25) is 5.02 Å². The van der Waals surface area contributed by atoms with Gasteiger partial charge in [0.15, 0.2) is 0 Å². The maximum Gasteiger partial charge on any atom is 0.275 e. The number of nitrogens with zero attached hydrogens (tertiary/aromatic N) is 1. The van der Waals surface area contributed by atoms with Crippen LogP contribution in [0.5, 0.6) is 0 Å². The van der Waals surface area contributed by atoms with E-state index in [1.165, 1.54) is 11.6 Å². The fourth-order valence-corrected chi connectivity index (χ4v) is 2.45. The summed E-state index contributed by atoms with van der Waals surface area (Å²) in [6.45, 7) is 2.43. The molecule has 0 fully saturated rings. The maximum atomic E-state index is 11.0. The molecule has 5 heteroatoms. The van der Waals surface area contributed by atoms with E-state index in [9.17, 15) is 10.1 Å². The van der Waals surface area contributed by atoms with Crippen molar-refractivity contribution in [2.24, 2.45) is 0 Å². The van der Waals surface area contributed by atoms with Crippen molar-refractivity contribution in [1.82, 2.24) is 5.32 Å². The Balaban J connectivity index is 2.01. The third kappa shape index (κ3) is 4.28. The molecule has 0 radical (unpaired) electrons. The van der Waals surface area contributed by atoms with Crippen LogP contribution in [0, 0.1) is 10.1 Å². The van der Waals surface area contributed by atoms with Crippen molar-refractivity contribution in [3.05, 3.63) is 74.8 Å². The fourth-order valence-electron chi connectivity index (χ4n) is 2.21. The molecule has 0 aromatic heterocycles. The predicted molar refractivity (Wildman–Crippen MR) is 84.6 cm³/mol. The van der Waals surface area contributed by atoms with E-state index in [1.807, 2.05) is 18.2 Å². The van der Waals surface area contributed by atoms with E-state index < -0.39 is 4.92 Å². The zero-order valence-electron chi connectivity index (χ0n) is 11.8. The molecule has 0 bridgehead atoms. The first-order valence-corrected chi connectivity index (χ1v) is 7.15. The lowest BCUT2D eigenvalue weighted by atomic mass is 10.1. The van der Waals surface area contributed by atoms with Gasteiger partial charge in [-0.2, -0.15) is 0 Å². The Labute approximate surface area is 128 Å². The molecule has 1 unspecified atom stereocenters. The number of hydrogen-bond donors (Lipinski definition) is 1. The largest absolute Gasteiger partial charge is 0.310 e. The second-order valence-corrected chi connectivity index (χ2v) is 5.37. The van der Waals surface area contributed by atoms with Crippen LogP contribution in [-0.4, -0.2) is 11.0 Å². The second-order valence-electron chi connectivity index (χ2n) is 4.97. The zero-order valence-corrected chi connectivity index (χ0v) is 12.5. The van der Waals surface area contributed by atoms with Crippen molar-refractivity contribution in [2.45, 2.75) is 25.9 Å². The van der Waals surface area contributed by atoms with E-state index in [0.29, 0.717) is 17.1 Å². The predicted octanol–water partition coefficient (Wildman–Crippen LogP) is 3.97. The van der Waals surface area contributed by atoms with E-state index >= 15 is 0 Å². The summed E-state index contributed by atoms with van der Waals surface area (Å²) in [6, 6.07) is 15.1. The molecule has 0 amide bonds. The molecular weight excluding hydrogens is 288 g/mol. The number of nitro benzene ring substituents is 1. The SMILES string of the molecule is CC(Cc1ccccc1)NCc1c(Cl)cccc1[N+](=O)[O-]. The van der Waals surface area contributed by atoms with Gasteiger partial charge in [-0.25, -0.2) is 0 Å². The van der Waals surface area contributed by atoms with Crippen LogP contribution < -0.4 is 5.32 Å². The van der Waals surface area contributed by atoms with Crippen molar-refractivity contribution in [2.75, 3.05) is 0 Å². The van der Waals surface area contributed by atoms with Crippen molar-refractivity contribution in [3.63, 3.8) is 0 Å². The molecule has 1 atom stereocenters. The molecule has 21 heavy (non-hydrogen) atoms. The minimum Gasteiger partial charge on any atom is -0.310 e. The highest BCUT2D eigenvalue weighted by Crippen LogP contribution is 2.26. The Morgan fingerprint density at radius 2 is 1.90 bits per heavy atom. The molecule has 1 N–H and O–H groups in total. The van der Waals surface area contributed by atoms with Crippen LogP contribution in [0.1, 0.15) is 18.1 Å². The van der Waals surface area contributed by atoms with Gasteiger partial charge < -0.3 is 5.32 Å². The Morgan fingerprint density at radius 1 is 1.19 bits per heavy atom. The molecule has 0 heterocycles. The van der Waals surface area contributed by atoms with Gasteiger partial charge in [-0.1, -0.05) is 48.0 Å². The molecule has 0 aliphatic carbocycles. The van der Waals surface area contributed by atoms with E-state index in [1.54, 1.807) is 12.1 Å². The molecule has 0 saturated carbocycles. The Hall–Kier alpha value is -1.91. The number of hydrogen-bond acceptors (Lipinski definition) is 3. The lowest BCUT2D eigenvalue weighted by Gasteiger charge is -2.14. The van der Waals surface area contributed by atoms with Crippen molar-refractivity contribution >= 4 is 17.3 Å². The third-order valence-corrected chi connectivity index (χ3v) is 3.66. The van der Waals surface area contributed by atoms with E-state index in [4.69, 9.17) is 11.6 Å². The lowest BCUT2D eigenvalue weighted by Crippen LogP contribution is -2.28. The Bertz CT molecular complexity index is 617. The first kappa shape index (κ1) is 15.5. The topological polar surface area (TPSA) is 55.2 Å². The van der Waals surface area contributed by atoms with Gasteiger partial charge in [0.1, 0.15) is 0 Å². The molecule has 2 rings (SSSR count). The van der Waals surface area contributed by atoms with Crippen LogP contribution in [-0.2, 0) is 13.0 Å². The summed E-state index contributed by atoms with van der Waals surface area (Å²) >= 11 is 6.07. The highest BCUT2D eigenvalue weighted by molar-refractivity contribution is 6.31. The van der Waals surface area contributed by atoms with Crippen molar-refractivity contribution in [1.29, 1.82) is 0 Å². The highest BCUT2D eigenvalue weighted by Gasteiger charge is 2.16. The van der Waals surface area contributed by atoms with Crippen LogP contribution in [0.15, 0.2) is 48.5 Å². The summed E-state index contributed by atoms with van der Waals surface area (Å²) in [4.78, 5) is 10.6. The van der Waals surface area contributed by atoms with Crippen LogP contribution in [0.25, 0.3) is 0 Å². The van der Waals surface area contributed by atoms with Crippen LogP contribution in [0.3, 0.4) is 0 Å². The molecule has 0 spiro atoms. The van der Waals surface area contributed by atoms with Gasteiger partial charge in [0.05, 0.1) is 15.5 Å². The highest BCUT2D eigenvalue weighted by atomic mass is 35.5. The van der Waals surface area contributed by atoms with Gasteiger partial charge >= 0.3 is 0 Å². The number of rotatable bonds is 6. The second kappa shape index (κ2) is 7.20. The summed E-state index contributed by atoms with van der Waals surface area (Å²) in [5.41, 5.74) is 1.82. The van der Waals surface area contributed by atoms with E-state index in [0.717, 1.165) is 6.42 Å². The zero-order chi connectivity index (χ0) is 15.2. The van der Waals surface area contributed by atoms with Crippen LogP contribution >= 0.6 is 11.6 Å². The first-order chi connectivity index (χ1) is 10.1. The summed E-state index contributed by atoms with van der Waals surface area (Å²) in [5.74, 6) is 0. The van der Waals surface area contributed by atoms with E-state index in [-0.39, 0.29) is 11.7 Å². The monoisotopic (exact) mass is 304 g/mol. The van der Waals surface area contributed by atoms with Gasteiger partial charge in [0, 0.05) is 18.7 Å². The lowest BCUT2D eigenvalue weighted by molar-refractivity contribution is -0.385. The molecule has 110 valence electrons. The molecule has 2 aromatic rings. The minimum absolute atomic E-state index is 0.0573. The maximum absolute atomic E-state index is 11.0.